The molecule has 1 amide bonds. The number of carboxylic acid groups (broad SMARTS) is 1. The van der Waals surface area contributed by atoms with E-state index in [2.05, 4.69) is 25.1 Å². The Labute approximate surface area is 237 Å². The van der Waals surface area contributed by atoms with E-state index in [-0.39, 0.29) is 17.7 Å². The number of piperidine rings is 1. The normalized spacial score (nSPS) is 22.6. The van der Waals surface area contributed by atoms with E-state index in [1.165, 1.54) is 0 Å². The molecule has 38 heavy (non-hydrogen) atoms. The van der Waals surface area contributed by atoms with Crippen LogP contribution in [0.2, 0.25) is 15.1 Å². The van der Waals surface area contributed by atoms with Gasteiger partial charge < -0.3 is 20.2 Å². The second-order valence-corrected chi connectivity index (χ2v) is 11.5. The molecular formula is C26H31Cl3N6O3. The molecule has 204 valence electrons. The number of anilines is 2. The molecule has 0 radical (unpaired) electrons. The molecule has 0 bridgehead atoms. The van der Waals surface area contributed by atoms with Crippen LogP contribution in [0.1, 0.15) is 31.2 Å². The molecule has 1 aromatic carbocycles. The van der Waals surface area contributed by atoms with Crippen LogP contribution in [0.5, 0.6) is 0 Å². The molecule has 12 heteroatoms. The van der Waals surface area contributed by atoms with Crippen molar-refractivity contribution in [3.05, 3.63) is 45.0 Å². The number of aromatic nitrogens is 2. The largest absolute Gasteiger partial charge is 0.480 e. The van der Waals surface area contributed by atoms with Crippen molar-refractivity contribution in [2.45, 2.75) is 38.3 Å². The zero-order valence-electron chi connectivity index (χ0n) is 21.0. The van der Waals surface area contributed by atoms with Crippen LogP contribution < -0.4 is 10.2 Å². The third-order valence-electron chi connectivity index (χ3n) is 7.85. The van der Waals surface area contributed by atoms with Crippen molar-refractivity contribution in [2.24, 2.45) is 11.8 Å². The second kappa shape index (κ2) is 11.8. The number of likely N-dealkylation sites (tertiary alicyclic amines) is 2. The number of benzene rings is 1. The lowest BCUT2D eigenvalue weighted by Gasteiger charge is -2.49. The monoisotopic (exact) mass is 580 g/mol. The summed E-state index contributed by atoms with van der Waals surface area (Å²) in [6, 6.07) is 4.78. The second-order valence-electron chi connectivity index (χ2n) is 10.2. The maximum absolute atomic E-state index is 12.3. The molecule has 4 heterocycles. The van der Waals surface area contributed by atoms with Crippen molar-refractivity contribution in [1.82, 2.24) is 19.8 Å². The van der Waals surface area contributed by atoms with Crippen LogP contribution in [0.15, 0.2) is 24.4 Å². The maximum atomic E-state index is 12.3. The number of halogens is 3. The first-order chi connectivity index (χ1) is 18.3. The van der Waals surface area contributed by atoms with Crippen LogP contribution in [0.3, 0.4) is 0 Å². The van der Waals surface area contributed by atoms with Gasteiger partial charge in [-0.25, -0.2) is 4.98 Å². The van der Waals surface area contributed by atoms with Gasteiger partial charge in [0.25, 0.3) is 0 Å². The predicted octanol–water partition coefficient (Wildman–Crippen LogP) is 4.27. The van der Waals surface area contributed by atoms with E-state index in [9.17, 15) is 14.7 Å². The van der Waals surface area contributed by atoms with Crippen LogP contribution in [0.4, 0.5) is 11.8 Å². The standard InChI is InChI=1S/C26H31Cl3N6O3/c27-18-6-5-16(20(28)11-18)12-30-24-21(29)13-31-26(32-24)35-14-17(15-35)19-3-1-8-34(23(19)25(37)38)10-9-33-7-2-4-22(33)36/h5-6,11,13,17,19,23H,1-4,7-10,12,14-15H2,(H,37,38)(H,30,31,32). The summed E-state index contributed by atoms with van der Waals surface area (Å²) < 4.78 is 0. The van der Waals surface area contributed by atoms with E-state index in [0.717, 1.165) is 37.9 Å². The number of hydrogen-bond acceptors (Lipinski definition) is 7. The highest BCUT2D eigenvalue weighted by Gasteiger charge is 2.45. The average molecular weight is 582 g/mol. The number of aliphatic carboxylic acids is 1. The zero-order chi connectivity index (χ0) is 26.8. The molecule has 5 rings (SSSR count). The van der Waals surface area contributed by atoms with Gasteiger partial charge in [-0.05, 0) is 55.3 Å². The van der Waals surface area contributed by atoms with E-state index in [4.69, 9.17) is 34.8 Å². The quantitative estimate of drug-likeness (QED) is 0.453. The summed E-state index contributed by atoms with van der Waals surface area (Å²) >= 11 is 18.6. The van der Waals surface area contributed by atoms with Crippen molar-refractivity contribution in [3.8, 4) is 0 Å². The molecule has 3 aliphatic heterocycles. The molecule has 3 aliphatic rings. The Balaban J connectivity index is 1.20. The van der Waals surface area contributed by atoms with Gasteiger partial charge in [0.1, 0.15) is 11.1 Å². The van der Waals surface area contributed by atoms with E-state index < -0.39 is 12.0 Å². The van der Waals surface area contributed by atoms with Gasteiger partial charge >= 0.3 is 5.97 Å². The van der Waals surface area contributed by atoms with Crippen LogP contribution >= 0.6 is 34.8 Å². The minimum Gasteiger partial charge on any atom is -0.480 e. The molecule has 0 spiro atoms. The maximum Gasteiger partial charge on any atom is 0.321 e. The number of amides is 1. The number of carbonyl (C=O) groups is 2. The van der Waals surface area contributed by atoms with Crippen LogP contribution in [0, 0.1) is 11.8 Å². The Morgan fingerprint density at radius 1 is 1.11 bits per heavy atom. The van der Waals surface area contributed by atoms with Gasteiger partial charge in [0, 0.05) is 55.7 Å². The van der Waals surface area contributed by atoms with E-state index in [1.807, 2.05) is 11.0 Å². The Kier molecular flexibility index (Phi) is 8.47. The highest BCUT2D eigenvalue weighted by Crippen LogP contribution is 2.37. The molecule has 9 nitrogen and oxygen atoms in total. The van der Waals surface area contributed by atoms with E-state index in [0.29, 0.717) is 66.0 Å². The lowest BCUT2D eigenvalue weighted by atomic mass is 9.75. The fourth-order valence-corrected chi connectivity index (χ4v) is 6.43. The fraction of sp³-hybridized carbons (Fsp3) is 0.538. The first kappa shape index (κ1) is 27.2. The number of nitrogens with one attached hydrogen (secondary N) is 1. The first-order valence-corrected chi connectivity index (χ1v) is 14.1. The summed E-state index contributed by atoms with van der Waals surface area (Å²) in [6.45, 7) is 4.53. The Morgan fingerprint density at radius 3 is 2.63 bits per heavy atom. The van der Waals surface area contributed by atoms with E-state index >= 15 is 0 Å². The summed E-state index contributed by atoms with van der Waals surface area (Å²) in [5.74, 6) is 0.737. The molecular weight excluding hydrogens is 551 g/mol. The molecule has 3 fully saturated rings. The summed E-state index contributed by atoms with van der Waals surface area (Å²) in [6.07, 6.45) is 4.90. The van der Waals surface area contributed by atoms with Gasteiger partial charge in [-0.15, -0.1) is 0 Å². The summed E-state index contributed by atoms with van der Waals surface area (Å²) in [4.78, 5) is 39.4. The molecule has 2 atom stereocenters. The third-order valence-corrected chi connectivity index (χ3v) is 8.72. The van der Waals surface area contributed by atoms with Gasteiger partial charge in [0.15, 0.2) is 5.82 Å². The van der Waals surface area contributed by atoms with Crippen molar-refractivity contribution in [3.63, 3.8) is 0 Å². The number of carbonyl (C=O) groups excluding carboxylic acids is 1. The number of hydrogen-bond donors (Lipinski definition) is 2. The summed E-state index contributed by atoms with van der Waals surface area (Å²) in [5, 5.41) is 14.9. The Morgan fingerprint density at radius 2 is 1.92 bits per heavy atom. The van der Waals surface area contributed by atoms with Crippen LogP contribution in [-0.2, 0) is 16.1 Å². The molecule has 0 saturated carbocycles. The molecule has 3 saturated heterocycles. The summed E-state index contributed by atoms with van der Waals surface area (Å²) in [5.41, 5.74) is 0.868. The zero-order valence-corrected chi connectivity index (χ0v) is 23.2. The van der Waals surface area contributed by atoms with Crippen LogP contribution in [-0.4, -0.2) is 82.1 Å². The first-order valence-electron chi connectivity index (χ1n) is 13.0. The Hall–Kier alpha value is -2.33. The SMILES string of the molecule is O=C(O)C1C(C2CN(c3ncc(Cl)c(NCc4ccc(Cl)cc4Cl)n3)C2)CCCN1CCN1CCCC1=O. The van der Waals surface area contributed by atoms with Gasteiger partial charge in [-0.3, -0.25) is 14.5 Å². The van der Waals surface area contributed by atoms with Crippen molar-refractivity contribution in [1.29, 1.82) is 0 Å². The fourth-order valence-electron chi connectivity index (χ4n) is 5.80. The summed E-state index contributed by atoms with van der Waals surface area (Å²) in [7, 11) is 0. The number of carboxylic acids is 1. The van der Waals surface area contributed by atoms with Gasteiger partial charge in [-0.2, -0.15) is 4.98 Å². The third kappa shape index (κ3) is 5.96. The number of rotatable bonds is 9. The lowest BCUT2D eigenvalue weighted by molar-refractivity contribution is -0.149. The number of nitrogens with zero attached hydrogens (tertiary/aromatic N) is 5. The van der Waals surface area contributed by atoms with Crippen molar-refractivity contribution < 1.29 is 14.7 Å². The molecule has 2 unspecified atom stereocenters. The van der Waals surface area contributed by atoms with Gasteiger partial charge in [0.2, 0.25) is 11.9 Å². The predicted molar refractivity (Wildman–Crippen MR) is 148 cm³/mol. The smallest absolute Gasteiger partial charge is 0.321 e. The van der Waals surface area contributed by atoms with E-state index in [1.54, 1.807) is 18.3 Å². The highest BCUT2D eigenvalue weighted by molar-refractivity contribution is 6.35. The minimum absolute atomic E-state index is 0.0451. The lowest BCUT2D eigenvalue weighted by Crippen LogP contribution is -2.60. The van der Waals surface area contributed by atoms with Crippen molar-refractivity contribution >= 4 is 58.4 Å². The minimum atomic E-state index is -0.781. The molecule has 2 aromatic rings. The molecule has 0 aliphatic carbocycles. The molecule has 2 N–H and O–H groups in total. The van der Waals surface area contributed by atoms with Gasteiger partial charge in [-0.1, -0.05) is 40.9 Å². The Bertz CT molecular complexity index is 1190. The average Bonchev–Trinajstić information content (AvgIpc) is 3.27. The molecule has 1 aromatic heterocycles. The van der Waals surface area contributed by atoms with Crippen LogP contribution in [0.25, 0.3) is 0 Å². The van der Waals surface area contributed by atoms with Gasteiger partial charge in [0.05, 0.1) is 6.20 Å². The highest BCUT2D eigenvalue weighted by atomic mass is 35.5. The van der Waals surface area contributed by atoms with Crippen molar-refractivity contribution in [2.75, 3.05) is 49.5 Å². The topological polar surface area (TPSA) is 102 Å².